The Morgan fingerprint density at radius 1 is 1.03 bits per heavy atom. The lowest BCUT2D eigenvalue weighted by atomic mass is 10.1. The molecule has 37 heavy (non-hydrogen) atoms. The molecule has 5 aromatic rings. The molecule has 0 spiro atoms. The molecule has 0 saturated heterocycles. The fraction of sp³-hybridized carbons (Fsp3) is 0.0357. The van der Waals surface area contributed by atoms with Gasteiger partial charge in [0.05, 0.1) is 16.2 Å². The number of carbonyl (C=O) groups excluding carboxylic acids is 1. The molecule has 0 atom stereocenters. The molecule has 0 aliphatic carbocycles. The lowest BCUT2D eigenvalue weighted by Gasteiger charge is -2.02. The van der Waals surface area contributed by atoms with Gasteiger partial charge in [0, 0.05) is 35.4 Å². The molecule has 9 heteroatoms. The van der Waals surface area contributed by atoms with Gasteiger partial charge in [-0.15, -0.1) is 0 Å². The van der Waals surface area contributed by atoms with Crippen LogP contribution in [-0.2, 0) is 16.1 Å². The summed E-state index contributed by atoms with van der Waals surface area (Å²) in [5.74, 6) is -0.657. The predicted octanol–water partition coefficient (Wildman–Crippen LogP) is 5.31. The molecule has 2 heterocycles. The van der Waals surface area contributed by atoms with Crippen LogP contribution in [0, 0.1) is 10.1 Å². The lowest BCUT2D eigenvalue weighted by molar-refractivity contribution is -0.384. The molecular formula is C28H19N3O6. The molecular weight excluding hydrogens is 474 g/mol. The summed E-state index contributed by atoms with van der Waals surface area (Å²) in [6.45, 7) is -0.130. The van der Waals surface area contributed by atoms with E-state index in [1.54, 1.807) is 35.1 Å². The van der Waals surface area contributed by atoms with Crippen molar-refractivity contribution in [1.82, 2.24) is 9.78 Å². The molecule has 0 aliphatic rings. The second-order valence-corrected chi connectivity index (χ2v) is 8.07. The van der Waals surface area contributed by atoms with Crippen LogP contribution >= 0.6 is 0 Å². The summed E-state index contributed by atoms with van der Waals surface area (Å²) in [5.41, 5.74) is 2.16. The van der Waals surface area contributed by atoms with Crippen LogP contribution in [0.5, 0.6) is 0 Å². The van der Waals surface area contributed by atoms with Crippen LogP contribution in [0.2, 0.25) is 0 Å². The van der Waals surface area contributed by atoms with Gasteiger partial charge in [0.2, 0.25) is 0 Å². The van der Waals surface area contributed by atoms with Crippen molar-refractivity contribution < 1.29 is 18.9 Å². The number of rotatable bonds is 7. The van der Waals surface area contributed by atoms with Crippen LogP contribution in [0.4, 0.5) is 5.69 Å². The first-order valence-electron chi connectivity index (χ1n) is 11.2. The first kappa shape index (κ1) is 23.4. The van der Waals surface area contributed by atoms with Gasteiger partial charge in [-0.1, -0.05) is 48.5 Å². The highest BCUT2D eigenvalue weighted by Gasteiger charge is 2.16. The molecule has 5 rings (SSSR count). The number of hydrogen-bond acceptors (Lipinski definition) is 7. The summed E-state index contributed by atoms with van der Waals surface area (Å²) < 4.78 is 12.3. The fourth-order valence-electron chi connectivity index (χ4n) is 3.78. The van der Waals surface area contributed by atoms with Crippen molar-refractivity contribution >= 4 is 28.7 Å². The van der Waals surface area contributed by atoms with E-state index in [1.165, 1.54) is 30.4 Å². The standard InChI is InChI=1S/C28H19N3O6/c32-26(36-18-19-7-6-11-23(15-19)31(34)35)14-13-21-17-30(22-9-2-1-3-10-22)29-27(21)24-16-20-8-4-5-12-25(20)37-28(24)33/h1-17H,18H2. The molecule has 9 nitrogen and oxygen atoms in total. The van der Waals surface area contributed by atoms with Crippen molar-refractivity contribution in [3.05, 3.63) is 129 Å². The van der Waals surface area contributed by atoms with Crippen LogP contribution in [0.25, 0.3) is 34.0 Å². The van der Waals surface area contributed by atoms with E-state index in [0.717, 1.165) is 11.1 Å². The molecule has 0 N–H and O–H groups in total. The minimum absolute atomic E-state index is 0.0868. The maximum absolute atomic E-state index is 12.8. The van der Waals surface area contributed by atoms with E-state index in [4.69, 9.17) is 9.15 Å². The summed E-state index contributed by atoms with van der Waals surface area (Å²) >= 11 is 0. The van der Waals surface area contributed by atoms with Gasteiger partial charge < -0.3 is 9.15 Å². The van der Waals surface area contributed by atoms with Crippen molar-refractivity contribution in [3.63, 3.8) is 0 Å². The molecule has 3 aromatic carbocycles. The fourth-order valence-corrected chi connectivity index (χ4v) is 3.78. The number of nitro benzene ring substituents is 1. The molecule has 0 saturated carbocycles. The van der Waals surface area contributed by atoms with Crippen LogP contribution in [0.3, 0.4) is 0 Å². The molecule has 0 radical (unpaired) electrons. The van der Waals surface area contributed by atoms with E-state index in [-0.39, 0.29) is 17.9 Å². The zero-order chi connectivity index (χ0) is 25.8. The smallest absolute Gasteiger partial charge is 0.345 e. The second kappa shape index (κ2) is 10.1. The van der Waals surface area contributed by atoms with Gasteiger partial charge in [0.25, 0.3) is 5.69 Å². The maximum Gasteiger partial charge on any atom is 0.345 e. The van der Waals surface area contributed by atoms with Crippen molar-refractivity contribution in [1.29, 1.82) is 0 Å². The van der Waals surface area contributed by atoms with E-state index < -0.39 is 16.5 Å². The number of carbonyl (C=O) groups is 1. The summed E-state index contributed by atoms with van der Waals surface area (Å²) in [6, 6.07) is 24.1. The Kier molecular flexibility index (Phi) is 6.41. The van der Waals surface area contributed by atoms with Crippen LogP contribution < -0.4 is 5.63 Å². The van der Waals surface area contributed by atoms with Gasteiger partial charge in [0.15, 0.2) is 0 Å². The van der Waals surface area contributed by atoms with Crippen molar-refractivity contribution in [3.8, 4) is 16.9 Å². The zero-order valence-corrected chi connectivity index (χ0v) is 19.3. The van der Waals surface area contributed by atoms with Gasteiger partial charge in [-0.3, -0.25) is 10.1 Å². The van der Waals surface area contributed by atoms with Gasteiger partial charge in [-0.2, -0.15) is 5.10 Å². The molecule has 0 amide bonds. The number of aromatic nitrogens is 2. The highest BCUT2D eigenvalue weighted by molar-refractivity contribution is 5.89. The van der Waals surface area contributed by atoms with E-state index in [9.17, 15) is 19.7 Å². The zero-order valence-electron chi connectivity index (χ0n) is 19.3. The molecule has 0 bridgehead atoms. The Hall–Kier alpha value is -5.31. The highest BCUT2D eigenvalue weighted by Crippen LogP contribution is 2.25. The topological polar surface area (TPSA) is 117 Å². The number of esters is 1. The Bertz CT molecular complexity index is 1700. The third kappa shape index (κ3) is 5.20. The molecule has 0 aliphatic heterocycles. The number of benzene rings is 3. The normalized spacial score (nSPS) is 11.1. The monoisotopic (exact) mass is 493 g/mol. The van der Waals surface area contributed by atoms with E-state index >= 15 is 0 Å². The maximum atomic E-state index is 12.8. The Balaban J connectivity index is 1.46. The lowest BCUT2D eigenvalue weighted by Crippen LogP contribution is -2.04. The number of para-hydroxylation sites is 2. The first-order chi connectivity index (χ1) is 18.0. The quantitative estimate of drug-likeness (QED) is 0.0991. The number of nitrogens with zero attached hydrogens (tertiary/aromatic N) is 3. The Labute approximate surface area is 210 Å². The van der Waals surface area contributed by atoms with Gasteiger partial charge in [-0.25, -0.2) is 14.3 Å². The van der Waals surface area contributed by atoms with Crippen LogP contribution in [0.1, 0.15) is 11.1 Å². The third-order valence-electron chi connectivity index (χ3n) is 5.56. The SMILES string of the molecule is O=C(C=Cc1cn(-c2ccccc2)nc1-c1cc2ccccc2oc1=O)OCc1cccc([N+](=O)[O-])c1. The molecule has 0 fully saturated rings. The molecule has 0 unspecified atom stereocenters. The van der Waals surface area contributed by atoms with Gasteiger partial charge in [-0.05, 0) is 35.9 Å². The van der Waals surface area contributed by atoms with Crippen molar-refractivity contribution in [2.75, 3.05) is 0 Å². The minimum atomic E-state index is -0.657. The number of ether oxygens (including phenoxy) is 1. The molecule has 2 aromatic heterocycles. The van der Waals surface area contributed by atoms with Crippen LogP contribution in [0.15, 0.2) is 106 Å². The predicted molar refractivity (Wildman–Crippen MR) is 137 cm³/mol. The van der Waals surface area contributed by atoms with Gasteiger partial charge in [0.1, 0.15) is 17.9 Å². The van der Waals surface area contributed by atoms with Crippen LogP contribution in [-0.4, -0.2) is 20.7 Å². The van der Waals surface area contributed by atoms with Crippen molar-refractivity contribution in [2.45, 2.75) is 6.61 Å². The number of nitro groups is 1. The van der Waals surface area contributed by atoms with E-state index in [1.807, 2.05) is 42.5 Å². The summed E-state index contributed by atoms with van der Waals surface area (Å²) in [6.07, 6.45) is 4.42. The first-order valence-corrected chi connectivity index (χ1v) is 11.2. The van der Waals surface area contributed by atoms with E-state index in [0.29, 0.717) is 22.4 Å². The second-order valence-electron chi connectivity index (χ2n) is 8.07. The average Bonchev–Trinajstić information content (AvgIpc) is 3.35. The number of hydrogen-bond donors (Lipinski definition) is 0. The van der Waals surface area contributed by atoms with E-state index in [2.05, 4.69) is 5.10 Å². The minimum Gasteiger partial charge on any atom is -0.458 e. The van der Waals surface area contributed by atoms with Crippen molar-refractivity contribution in [2.24, 2.45) is 0 Å². The highest BCUT2D eigenvalue weighted by atomic mass is 16.6. The Morgan fingerprint density at radius 2 is 1.81 bits per heavy atom. The Morgan fingerprint density at radius 3 is 2.62 bits per heavy atom. The summed E-state index contributed by atoms with van der Waals surface area (Å²) in [7, 11) is 0. The third-order valence-corrected chi connectivity index (χ3v) is 5.56. The molecule has 182 valence electrons. The average molecular weight is 493 g/mol. The summed E-state index contributed by atoms with van der Waals surface area (Å²) in [5, 5.41) is 16.3. The number of non-ortho nitro benzene ring substituents is 1. The largest absolute Gasteiger partial charge is 0.458 e. The summed E-state index contributed by atoms with van der Waals surface area (Å²) in [4.78, 5) is 35.7. The number of fused-ring (bicyclic) bond motifs is 1. The van der Waals surface area contributed by atoms with Gasteiger partial charge >= 0.3 is 11.6 Å².